The molecule has 2 aromatic rings. The smallest absolute Gasteiger partial charge is 0.338 e. The molecule has 4 rings (SSSR count). The van der Waals surface area contributed by atoms with Crippen LogP contribution in [0.2, 0.25) is 0 Å². The molecule has 0 spiro atoms. The van der Waals surface area contributed by atoms with Crippen LogP contribution in [-0.2, 0) is 18.9 Å². The number of ether oxygens (including phenoxy) is 6. The van der Waals surface area contributed by atoms with E-state index >= 15 is 0 Å². The highest BCUT2D eigenvalue weighted by molar-refractivity contribution is 6.01. The Bertz CT molecular complexity index is 1240. The molecule has 0 aromatic heterocycles. The van der Waals surface area contributed by atoms with E-state index in [-0.39, 0.29) is 18.7 Å². The maximum atomic E-state index is 13.5. The highest BCUT2D eigenvalue weighted by atomic mass is 16.8. The molecule has 9 nitrogen and oxygen atoms in total. The lowest BCUT2D eigenvalue weighted by atomic mass is 10.00. The van der Waals surface area contributed by atoms with E-state index < -0.39 is 30.1 Å². The van der Waals surface area contributed by atoms with Gasteiger partial charge in [0.1, 0.15) is 23.7 Å². The molecule has 2 aliphatic rings. The largest absolute Gasteiger partial charge is 0.497 e. The summed E-state index contributed by atoms with van der Waals surface area (Å²) in [5.74, 6) is -0.745. The quantitative estimate of drug-likeness (QED) is 0.307. The van der Waals surface area contributed by atoms with Crippen LogP contribution in [0.15, 0.2) is 60.7 Å². The van der Waals surface area contributed by atoms with Crippen molar-refractivity contribution in [2.75, 3.05) is 21.0 Å². The van der Waals surface area contributed by atoms with Crippen molar-refractivity contribution >= 4 is 18.0 Å². The summed E-state index contributed by atoms with van der Waals surface area (Å²) in [5.41, 5.74) is 1.43. The molecule has 9 heteroatoms. The number of fused-ring (bicyclic) bond motifs is 2. The number of carbonyl (C=O) groups is 2. The van der Waals surface area contributed by atoms with E-state index in [1.165, 1.54) is 7.11 Å². The molecule has 1 N–H and O–H groups in total. The minimum atomic E-state index is -0.879. The van der Waals surface area contributed by atoms with Gasteiger partial charge in [-0.1, -0.05) is 36.4 Å². The summed E-state index contributed by atoms with van der Waals surface area (Å²) < 4.78 is 34.8. The molecule has 2 aliphatic heterocycles. The lowest BCUT2D eigenvalue weighted by Gasteiger charge is -2.25. The number of carbonyl (C=O) groups excluding carboxylic acids is 2. The van der Waals surface area contributed by atoms with Crippen LogP contribution in [-0.4, -0.2) is 63.0 Å². The minimum absolute atomic E-state index is 0.0258. The molecule has 0 radical (unpaired) electrons. The van der Waals surface area contributed by atoms with Crippen LogP contribution in [0.1, 0.15) is 59.9 Å². The molecule has 0 saturated carbocycles. The first kappa shape index (κ1) is 29.3. The Balaban J connectivity index is 1.70. The zero-order valence-corrected chi connectivity index (χ0v) is 23.5. The molecular formula is C31H37NO8. The van der Waals surface area contributed by atoms with Gasteiger partial charge in [0.15, 0.2) is 12.6 Å². The number of amides is 1. The van der Waals surface area contributed by atoms with Gasteiger partial charge in [0.2, 0.25) is 0 Å². The van der Waals surface area contributed by atoms with E-state index in [1.54, 1.807) is 43.5 Å². The average Bonchev–Trinajstić information content (AvgIpc) is 3.24. The van der Waals surface area contributed by atoms with E-state index in [2.05, 4.69) is 5.32 Å². The van der Waals surface area contributed by atoms with Crippen LogP contribution in [0.5, 0.6) is 11.5 Å². The predicted octanol–water partition coefficient (Wildman–Crippen LogP) is 4.91. The van der Waals surface area contributed by atoms with Crippen molar-refractivity contribution in [3.8, 4) is 11.5 Å². The third kappa shape index (κ3) is 7.29. The number of esters is 1. The van der Waals surface area contributed by atoms with Crippen LogP contribution in [0.25, 0.3) is 6.08 Å². The number of benzene rings is 2. The van der Waals surface area contributed by atoms with Crippen molar-refractivity contribution in [1.82, 2.24) is 5.32 Å². The minimum Gasteiger partial charge on any atom is -0.497 e. The van der Waals surface area contributed by atoms with Crippen molar-refractivity contribution in [2.24, 2.45) is 0 Å². The van der Waals surface area contributed by atoms with Crippen LogP contribution in [0.4, 0.5) is 0 Å². The number of rotatable bonds is 6. The summed E-state index contributed by atoms with van der Waals surface area (Å²) >= 11 is 0. The third-order valence-corrected chi connectivity index (χ3v) is 6.56. The van der Waals surface area contributed by atoms with Crippen LogP contribution in [0.3, 0.4) is 0 Å². The molecule has 40 heavy (non-hydrogen) atoms. The Morgan fingerprint density at radius 1 is 1.07 bits per heavy atom. The fourth-order valence-corrected chi connectivity index (χ4v) is 4.75. The lowest BCUT2D eigenvalue weighted by Crippen LogP contribution is -2.38. The molecule has 2 unspecified atom stereocenters. The van der Waals surface area contributed by atoms with E-state index in [0.717, 1.165) is 0 Å². The summed E-state index contributed by atoms with van der Waals surface area (Å²) in [7, 11) is 3.07. The zero-order valence-electron chi connectivity index (χ0n) is 23.5. The van der Waals surface area contributed by atoms with Gasteiger partial charge < -0.3 is 33.7 Å². The zero-order chi connectivity index (χ0) is 28.7. The second kappa shape index (κ2) is 13.1. The van der Waals surface area contributed by atoms with Gasteiger partial charge in [0, 0.05) is 19.2 Å². The van der Waals surface area contributed by atoms with Gasteiger partial charge >= 0.3 is 5.97 Å². The maximum absolute atomic E-state index is 13.5. The monoisotopic (exact) mass is 551 g/mol. The summed E-state index contributed by atoms with van der Waals surface area (Å²) in [5, 5.41) is 3.04. The Morgan fingerprint density at radius 2 is 1.85 bits per heavy atom. The lowest BCUT2D eigenvalue weighted by molar-refractivity contribution is -0.152. The van der Waals surface area contributed by atoms with Crippen molar-refractivity contribution < 1.29 is 38.0 Å². The van der Waals surface area contributed by atoms with E-state index in [9.17, 15) is 9.59 Å². The first-order chi connectivity index (χ1) is 19.2. The molecule has 2 aromatic carbocycles. The normalized spacial score (nSPS) is 25.1. The molecule has 0 aliphatic carbocycles. The van der Waals surface area contributed by atoms with Crippen LogP contribution < -0.4 is 14.8 Å². The van der Waals surface area contributed by atoms with Crippen molar-refractivity contribution in [2.45, 2.75) is 63.8 Å². The third-order valence-electron chi connectivity index (χ3n) is 6.56. The SMILES string of the molecule is COCOc1cc(OC)cc2c1C(=O)N[C@@H](C)C/C=C\C(OC(=O)c1ccccc1)[C@H]1OC(C)(C)OC1CC=C2. The predicted molar refractivity (Wildman–Crippen MR) is 149 cm³/mol. The fourth-order valence-electron chi connectivity index (χ4n) is 4.75. The second-order valence-electron chi connectivity index (χ2n) is 10.2. The Hall–Kier alpha value is -3.66. The molecule has 214 valence electrons. The van der Waals surface area contributed by atoms with Gasteiger partial charge in [0.05, 0.1) is 24.3 Å². The molecule has 4 atom stereocenters. The molecule has 2 heterocycles. The standard InChI is InChI=1S/C31H37NO8/c1-20-11-9-15-24(38-30(34)21-12-7-6-8-13-21)28-25(39-31(2,3)40-28)16-10-14-22-17-23(36-5)18-26(37-19-35-4)27(22)29(33)32-20/h6-10,12-15,17-18,20,24-25,28H,11,16,19H2,1-5H3,(H,32,33)/b14-10?,15-9-/t20-,24?,25?,28+/m0/s1. The topological polar surface area (TPSA) is 102 Å². The number of hydrogen-bond acceptors (Lipinski definition) is 8. The summed E-state index contributed by atoms with van der Waals surface area (Å²) in [4.78, 5) is 26.5. The Kier molecular flexibility index (Phi) is 9.63. The van der Waals surface area contributed by atoms with Crippen molar-refractivity contribution in [1.29, 1.82) is 0 Å². The van der Waals surface area contributed by atoms with Gasteiger partial charge in [-0.2, -0.15) is 0 Å². The van der Waals surface area contributed by atoms with Crippen LogP contribution >= 0.6 is 0 Å². The average molecular weight is 552 g/mol. The highest BCUT2D eigenvalue weighted by Crippen LogP contribution is 2.35. The molecular weight excluding hydrogens is 514 g/mol. The second-order valence-corrected chi connectivity index (χ2v) is 10.2. The molecule has 1 amide bonds. The van der Waals surface area contributed by atoms with Gasteiger partial charge in [-0.25, -0.2) is 4.79 Å². The van der Waals surface area contributed by atoms with Gasteiger partial charge in [-0.05, 0) is 63.5 Å². The van der Waals surface area contributed by atoms with Crippen molar-refractivity contribution in [3.63, 3.8) is 0 Å². The van der Waals surface area contributed by atoms with Gasteiger partial charge in [-0.3, -0.25) is 4.79 Å². The summed E-state index contributed by atoms with van der Waals surface area (Å²) in [6, 6.07) is 12.0. The van der Waals surface area contributed by atoms with E-state index in [0.29, 0.717) is 41.0 Å². The Labute approximate surface area is 235 Å². The molecule has 1 fully saturated rings. The molecule has 1 saturated heterocycles. The number of nitrogens with one attached hydrogen (secondary N) is 1. The number of hydrogen-bond donors (Lipinski definition) is 1. The van der Waals surface area contributed by atoms with E-state index in [4.69, 9.17) is 28.4 Å². The van der Waals surface area contributed by atoms with Gasteiger partial charge in [-0.15, -0.1) is 0 Å². The van der Waals surface area contributed by atoms with Gasteiger partial charge in [0.25, 0.3) is 5.91 Å². The first-order valence-corrected chi connectivity index (χ1v) is 13.3. The van der Waals surface area contributed by atoms with E-state index in [1.807, 2.05) is 51.1 Å². The first-order valence-electron chi connectivity index (χ1n) is 13.3. The molecule has 0 bridgehead atoms. The Morgan fingerprint density at radius 3 is 2.58 bits per heavy atom. The van der Waals surface area contributed by atoms with Crippen LogP contribution in [0, 0.1) is 0 Å². The highest BCUT2D eigenvalue weighted by Gasteiger charge is 2.45. The fraction of sp³-hybridized carbons (Fsp3) is 0.419. The maximum Gasteiger partial charge on any atom is 0.338 e. The number of methoxy groups -OCH3 is 2. The summed E-state index contributed by atoms with van der Waals surface area (Å²) in [6.07, 6.45) is 6.68. The van der Waals surface area contributed by atoms with Crippen molar-refractivity contribution in [3.05, 3.63) is 77.4 Å². The summed E-state index contributed by atoms with van der Waals surface area (Å²) in [6.45, 7) is 5.54.